The molecule has 0 aromatic heterocycles. The van der Waals surface area contributed by atoms with Crippen molar-refractivity contribution in [1.29, 1.82) is 0 Å². The third kappa shape index (κ3) is 6.95. The van der Waals surface area contributed by atoms with Gasteiger partial charge in [-0.25, -0.2) is 0 Å². The first kappa shape index (κ1) is 35.0. The molecule has 3 fully saturated rings. The van der Waals surface area contributed by atoms with E-state index in [4.69, 9.17) is 9.47 Å². The fourth-order valence-corrected chi connectivity index (χ4v) is 26.0. The molecule has 2 aliphatic heterocycles. The predicted octanol–water partition coefficient (Wildman–Crippen LogP) is 8.07. The molecule has 1 aromatic carbocycles. The Bertz CT molecular complexity index is 1220. The van der Waals surface area contributed by atoms with Gasteiger partial charge in [-0.1, -0.05) is 0 Å². The summed E-state index contributed by atoms with van der Waals surface area (Å²) >= 11 is -2.84. The molecule has 0 bridgehead atoms. The molecule has 2 heterocycles. The standard InChI is InChI=1S/C23H30NO5S.3C4H9.Sn/c1-6-28-20(25)11-18-21-22(4,5)12-19-23(21,14-29-18)16(3)13-24(19)30(26,27)17-9-7-15(2)8-10-17;3*1-3-4-2;/h3,7-10,18-19,21H,6,11-14H2,1-2,4-5H3;3*1,3-4H2,2H3;/t18-,19-,21-,23-;;;;/m0..../s1. The van der Waals surface area contributed by atoms with Gasteiger partial charge in [0.2, 0.25) is 0 Å². The number of rotatable bonds is 15. The first-order chi connectivity index (χ1) is 20.4. The number of carbonyl (C=O) groups is 1. The Balaban J connectivity index is 1.89. The SMILES string of the molecule is CCC[CH2][Sn]([CH]=C1CN(S(=O)(=O)c2ccc(C)cc2)[C@H]2CC(C)(C)[C@@H]3[C@H](CC(=O)OCC)OC[C@]123)([CH2]CCC)[CH2]CCC. The summed E-state index contributed by atoms with van der Waals surface area (Å²) in [6, 6.07) is 7.14. The number of aryl methyl sites for hydroxylation is 1. The second-order valence-electron chi connectivity index (χ2n) is 14.3. The van der Waals surface area contributed by atoms with Crippen molar-refractivity contribution in [3.63, 3.8) is 0 Å². The van der Waals surface area contributed by atoms with Gasteiger partial charge in [0.25, 0.3) is 0 Å². The van der Waals surface area contributed by atoms with E-state index in [9.17, 15) is 13.2 Å². The molecule has 6 nitrogen and oxygen atoms in total. The number of hydrogen-bond donors (Lipinski definition) is 0. The van der Waals surface area contributed by atoms with E-state index < -0.39 is 33.8 Å². The van der Waals surface area contributed by atoms with Crippen molar-refractivity contribution >= 4 is 34.4 Å². The Hall–Kier alpha value is -0.901. The summed E-state index contributed by atoms with van der Waals surface area (Å²) in [7, 11) is -3.72. The minimum absolute atomic E-state index is 0.0615. The summed E-state index contributed by atoms with van der Waals surface area (Å²) in [5, 5.41) is 0. The van der Waals surface area contributed by atoms with E-state index in [0.29, 0.717) is 24.7 Å². The predicted molar refractivity (Wildman–Crippen MR) is 177 cm³/mol. The number of unbranched alkanes of at least 4 members (excludes halogenated alkanes) is 3. The number of hydrogen-bond acceptors (Lipinski definition) is 5. The van der Waals surface area contributed by atoms with Crippen molar-refractivity contribution in [3.05, 3.63) is 39.5 Å². The molecule has 4 atom stereocenters. The third-order valence-electron chi connectivity index (χ3n) is 10.8. The molecule has 1 aliphatic carbocycles. The molecule has 0 N–H and O–H groups in total. The summed E-state index contributed by atoms with van der Waals surface area (Å²) in [6.45, 7) is 16.5. The number of carbonyl (C=O) groups excluding carboxylic acids is 1. The number of nitrogens with zero attached hydrogens (tertiary/aromatic N) is 1. The van der Waals surface area contributed by atoms with E-state index in [1.807, 2.05) is 30.3 Å². The molecule has 2 saturated heterocycles. The third-order valence-corrected chi connectivity index (χ3v) is 26.9. The van der Waals surface area contributed by atoms with Crippen molar-refractivity contribution in [2.24, 2.45) is 16.7 Å². The van der Waals surface area contributed by atoms with Gasteiger partial charge in [-0.05, 0) is 0 Å². The van der Waals surface area contributed by atoms with Crippen molar-refractivity contribution in [2.45, 2.75) is 130 Å². The van der Waals surface area contributed by atoms with Crippen LogP contribution < -0.4 is 0 Å². The van der Waals surface area contributed by atoms with Gasteiger partial charge in [0, 0.05) is 0 Å². The van der Waals surface area contributed by atoms with Crippen molar-refractivity contribution in [1.82, 2.24) is 4.31 Å². The van der Waals surface area contributed by atoms with E-state index in [-0.39, 0.29) is 35.9 Å². The molecule has 1 saturated carbocycles. The second-order valence-corrected chi connectivity index (χ2v) is 29.1. The van der Waals surface area contributed by atoms with Crippen LogP contribution in [0.1, 0.15) is 98.5 Å². The molecule has 0 unspecified atom stereocenters. The minimum atomic E-state index is -3.72. The zero-order valence-electron chi connectivity index (χ0n) is 27.9. The van der Waals surface area contributed by atoms with Gasteiger partial charge >= 0.3 is 268 Å². The van der Waals surface area contributed by atoms with E-state index in [0.717, 1.165) is 12.0 Å². The molecule has 242 valence electrons. The van der Waals surface area contributed by atoms with Crippen LogP contribution in [0.2, 0.25) is 13.3 Å². The Labute approximate surface area is 266 Å². The molecule has 1 aromatic rings. The summed E-state index contributed by atoms with van der Waals surface area (Å²) < 4.78 is 49.5. The van der Waals surface area contributed by atoms with E-state index >= 15 is 0 Å². The topological polar surface area (TPSA) is 72.9 Å². The normalized spacial score (nSPS) is 27.9. The summed E-state index contributed by atoms with van der Waals surface area (Å²) in [6.07, 6.45) is 8.08. The van der Waals surface area contributed by atoms with Crippen LogP contribution in [0.4, 0.5) is 0 Å². The monoisotopic (exact) mass is 723 g/mol. The van der Waals surface area contributed by atoms with E-state index in [1.165, 1.54) is 57.4 Å². The average Bonchev–Trinajstić information content (AvgIpc) is 3.56. The second kappa shape index (κ2) is 14.2. The molecule has 43 heavy (non-hydrogen) atoms. The van der Waals surface area contributed by atoms with Crippen LogP contribution in [0.3, 0.4) is 0 Å². The molecule has 0 radical (unpaired) electrons. The summed E-state index contributed by atoms with van der Waals surface area (Å²) in [5.41, 5.74) is 1.79. The van der Waals surface area contributed by atoms with Gasteiger partial charge < -0.3 is 0 Å². The molecule has 3 aliphatic rings. The van der Waals surface area contributed by atoms with Gasteiger partial charge in [-0.3, -0.25) is 0 Å². The number of benzene rings is 1. The fraction of sp³-hybridized carbons (Fsp3) is 0.743. The van der Waals surface area contributed by atoms with Crippen molar-refractivity contribution < 1.29 is 22.7 Å². The quantitative estimate of drug-likeness (QED) is 0.135. The van der Waals surface area contributed by atoms with Crippen LogP contribution in [-0.4, -0.2) is 69.0 Å². The zero-order chi connectivity index (χ0) is 31.5. The molecular formula is C35H57NO5SSn. The van der Waals surface area contributed by atoms with Crippen LogP contribution in [0.5, 0.6) is 0 Å². The molecule has 1 spiro atoms. The van der Waals surface area contributed by atoms with Gasteiger partial charge in [0.1, 0.15) is 0 Å². The first-order valence-electron chi connectivity index (χ1n) is 17.0. The van der Waals surface area contributed by atoms with Crippen LogP contribution >= 0.6 is 0 Å². The number of esters is 1. The van der Waals surface area contributed by atoms with Crippen LogP contribution in [0.15, 0.2) is 38.8 Å². The van der Waals surface area contributed by atoms with Crippen molar-refractivity contribution in [2.75, 3.05) is 19.8 Å². The van der Waals surface area contributed by atoms with Crippen LogP contribution in [-0.2, 0) is 24.3 Å². The Morgan fingerprint density at radius 2 is 1.60 bits per heavy atom. The molecule has 0 amide bonds. The zero-order valence-corrected chi connectivity index (χ0v) is 31.6. The van der Waals surface area contributed by atoms with Gasteiger partial charge in [-0.15, -0.1) is 0 Å². The summed E-state index contributed by atoms with van der Waals surface area (Å²) in [4.78, 5) is 13.1. The maximum atomic E-state index is 14.5. The number of sulfonamides is 1. The van der Waals surface area contributed by atoms with Crippen LogP contribution in [0, 0.1) is 23.7 Å². The van der Waals surface area contributed by atoms with Crippen molar-refractivity contribution in [3.8, 4) is 0 Å². The van der Waals surface area contributed by atoms with Crippen LogP contribution in [0.25, 0.3) is 0 Å². The van der Waals surface area contributed by atoms with Gasteiger partial charge in [0.05, 0.1) is 0 Å². The summed E-state index contributed by atoms with van der Waals surface area (Å²) in [5.74, 6) is -0.162. The van der Waals surface area contributed by atoms with Gasteiger partial charge in [-0.2, -0.15) is 0 Å². The Kier molecular flexibility index (Phi) is 11.6. The maximum absolute atomic E-state index is 14.5. The molecule has 8 heteroatoms. The Morgan fingerprint density at radius 3 is 2.14 bits per heavy atom. The average molecular weight is 723 g/mol. The Morgan fingerprint density at radius 1 is 1.02 bits per heavy atom. The molecular weight excluding hydrogens is 665 g/mol. The van der Waals surface area contributed by atoms with Gasteiger partial charge in [0.15, 0.2) is 0 Å². The molecule has 4 rings (SSSR count). The fourth-order valence-electron chi connectivity index (χ4n) is 8.75. The first-order valence-corrected chi connectivity index (χ1v) is 26.1. The number of ether oxygens (including phenoxy) is 2. The van der Waals surface area contributed by atoms with E-state index in [2.05, 4.69) is 38.7 Å². The van der Waals surface area contributed by atoms with E-state index in [1.54, 1.807) is 12.1 Å².